The van der Waals surface area contributed by atoms with Gasteiger partial charge in [-0.1, -0.05) is 0 Å². The minimum absolute atomic E-state index is 0.0749. The highest BCUT2D eigenvalue weighted by Gasteiger charge is 2.31. The highest BCUT2D eigenvalue weighted by atomic mass is 32.2. The number of aryl methyl sites for hydroxylation is 2. The van der Waals surface area contributed by atoms with E-state index in [-0.39, 0.29) is 6.04 Å². The van der Waals surface area contributed by atoms with E-state index in [2.05, 4.69) is 5.32 Å². The Morgan fingerprint density at radius 1 is 1.33 bits per heavy atom. The van der Waals surface area contributed by atoms with Crippen LogP contribution in [0.5, 0.6) is 0 Å². The highest BCUT2D eigenvalue weighted by molar-refractivity contribution is 7.89. The Kier molecular flexibility index (Phi) is 3.79. The summed E-state index contributed by atoms with van der Waals surface area (Å²) in [6, 6.07) is 1.67. The predicted molar refractivity (Wildman–Crippen MR) is 69.0 cm³/mol. The van der Waals surface area contributed by atoms with Crippen LogP contribution in [0.2, 0.25) is 0 Å². The molecule has 0 aliphatic carbocycles. The third kappa shape index (κ3) is 2.46. The molecular weight excluding hydrogens is 252 g/mol. The molecule has 1 saturated heterocycles. The monoisotopic (exact) mass is 272 g/mol. The average Bonchev–Trinajstić information content (AvgIpc) is 2.69. The summed E-state index contributed by atoms with van der Waals surface area (Å²) in [6.45, 7) is 5.19. The first kappa shape index (κ1) is 13.6. The summed E-state index contributed by atoms with van der Waals surface area (Å²) in [7, 11) is -1.78. The normalized spacial score (nSPS) is 18.4. The van der Waals surface area contributed by atoms with Crippen molar-refractivity contribution in [2.45, 2.75) is 37.6 Å². The standard InChI is InChI=1S/C12H20N2O3S/c1-9-8-12(10(2)17-9)18(15,16)14(3)11-4-6-13-7-5-11/h8,11,13H,4-7H2,1-3H3. The SMILES string of the molecule is Cc1cc(S(=O)(=O)N(C)C2CCNCC2)c(C)o1. The quantitative estimate of drug-likeness (QED) is 0.900. The zero-order valence-electron chi connectivity index (χ0n) is 11.1. The van der Waals surface area contributed by atoms with Gasteiger partial charge in [0.1, 0.15) is 16.4 Å². The van der Waals surface area contributed by atoms with E-state index < -0.39 is 10.0 Å². The topological polar surface area (TPSA) is 62.6 Å². The van der Waals surface area contributed by atoms with Crippen LogP contribution in [0.15, 0.2) is 15.4 Å². The van der Waals surface area contributed by atoms with E-state index in [1.807, 2.05) is 0 Å². The van der Waals surface area contributed by atoms with Crippen LogP contribution in [0.3, 0.4) is 0 Å². The minimum atomic E-state index is -3.44. The Bertz CT molecular complexity index is 515. The molecule has 0 atom stereocenters. The van der Waals surface area contributed by atoms with E-state index in [0.717, 1.165) is 25.9 Å². The number of rotatable bonds is 3. The summed E-state index contributed by atoms with van der Waals surface area (Å²) in [5, 5.41) is 3.24. The number of piperidine rings is 1. The van der Waals surface area contributed by atoms with Crippen LogP contribution in [0.25, 0.3) is 0 Å². The summed E-state index contributed by atoms with van der Waals surface area (Å²) in [5.41, 5.74) is 0. The molecule has 1 aromatic rings. The van der Waals surface area contributed by atoms with Crippen LogP contribution >= 0.6 is 0 Å². The van der Waals surface area contributed by atoms with Gasteiger partial charge in [0.05, 0.1) is 0 Å². The maximum absolute atomic E-state index is 12.5. The molecule has 0 aromatic carbocycles. The second-order valence-electron chi connectivity index (χ2n) is 4.78. The van der Waals surface area contributed by atoms with Gasteiger partial charge in [-0.2, -0.15) is 4.31 Å². The molecule has 1 aliphatic rings. The largest absolute Gasteiger partial charge is 0.465 e. The summed E-state index contributed by atoms with van der Waals surface area (Å²) >= 11 is 0. The Morgan fingerprint density at radius 3 is 2.44 bits per heavy atom. The summed E-state index contributed by atoms with van der Waals surface area (Å²) in [6.07, 6.45) is 1.71. The van der Waals surface area contributed by atoms with E-state index in [1.165, 1.54) is 4.31 Å². The lowest BCUT2D eigenvalue weighted by molar-refractivity contribution is 0.296. The van der Waals surface area contributed by atoms with Crippen molar-refractivity contribution in [3.8, 4) is 0 Å². The molecule has 5 nitrogen and oxygen atoms in total. The molecule has 0 unspecified atom stereocenters. The average molecular weight is 272 g/mol. The van der Waals surface area contributed by atoms with Crippen molar-refractivity contribution in [1.29, 1.82) is 0 Å². The zero-order chi connectivity index (χ0) is 13.3. The Hall–Kier alpha value is -0.850. The first-order valence-electron chi connectivity index (χ1n) is 6.18. The van der Waals surface area contributed by atoms with E-state index in [1.54, 1.807) is 27.0 Å². The van der Waals surface area contributed by atoms with Gasteiger partial charge >= 0.3 is 0 Å². The second-order valence-corrected chi connectivity index (χ2v) is 6.75. The van der Waals surface area contributed by atoms with E-state index >= 15 is 0 Å². The number of sulfonamides is 1. The molecule has 102 valence electrons. The van der Waals surface area contributed by atoms with Crippen LogP contribution in [0.1, 0.15) is 24.4 Å². The van der Waals surface area contributed by atoms with Gasteiger partial charge in [-0.15, -0.1) is 0 Å². The molecule has 1 aromatic heterocycles. The first-order chi connectivity index (χ1) is 8.43. The molecule has 0 bridgehead atoms. The molecule has 1 N–H and O–H groups in total. The third-order valence-corrected chi connectivity index (χ3v) is 5.49. The van der Waals surface area contributed by atoms with Gasteiger partial charge in [-0.3, -0.25) is 0 Å². The molecule has 1 fully saturated rings. The van der Waals surface area contributed by atoms with Crippen molar-refractivity contribution in [3.63, 3.8) is 0 Å². The van der Waals surface area contributed by atoms with Crippen LogP contribution in [0.4, 0.5) is 0 Å². The van der Waals surface area contributed by atoms with Gasteiger partial charge in [0.15, 0.2) is 0 Å². The molecule has 0 amide bonds. The number of hydrogen-bond acceptors (Lipinski definition) is 4. The number of nitrogens with one attached hydrogen (secondary N) is 1. The number of nitrogens with zero attached hydrogens (tertiary/aromatic N) is 1. The minimum Gasteiger partial charge on any atom is -0.465 e. The molecule has 1 aliphatic heterocycles. The van der Waals surface area contributed by atoms with Crippen molar-refractivity contribution >= 4 is 10.0 Å². The Balaban J connectivity index is 2.27. The lowest BCUT2D eigenvalue weighted by atomic mass is 10.1. The first-order valence-corrected chi connectivity index (χ1v) is 7.62. The fourth-order valence-electron chi connectivity index (χ4n) is 2.39. The lowest BCUT2D eigenvalue weighted by Gasteiger charge is -2.30. The van der Waals surface area contributed by atoms with E-state index in [0.29, 0.717) is 16.4 Å². The fraction of sp³-hybridized carbons (Fsp3) is 0.667. The van der Waals surface area contributed by atoms with Crippen molar-refractivity contribution < 1.29 is 12.8 Å². The molecule has 2 rings (SSSR count). The Labute approximate surface area is 108 Å². The maximum Gasteiger partial charge on any atom is 0.246 e. The van der Waals surface area contributed by atoms with Gasteiger partial charge in [0, 0.05) is 13.1 Å². The molecule has 0 spiro atoms. The summed E-state index contributed by atoms with van der Waals surface area (Å²) in [5.74, 6) is 1.10. The summed E-state index contributed by atoms with van der Waals surface area (Å²) < 4.78 is 31.8. The molecular formula is C12H20N2O3S. The van der Waals surface area contributed by atoms with Gasteiger partial charge in [0.2, 0.25) is 10.0 Å². The van der Waals surface area contributed by atoms with Gasteiger partial charge in [-0.05, 0) is 45.8 Å². The van der Waals surface area contributed by atoms with Gasteiger partial charge in [0.25, 0.3) is 0 Å². The lowest BCUT2D eigenvalue weighted by Crippen LogP contribution is -2.43. The number of furan rings is 1. The van der Waals surface area contributed by atoms with E-state index in [4.69, 9.17) is 4.42 Å². The smallest absolute Gasteiger partial charge is 0.246 e. The van der Waals surface area contributed by atoms with Crippen molar-refractivity contribution in [3.05, 3.63) is 17.6 Å². The Morgan fingerprint density at radius 2 is 1.94 bits per heavy atom. The third-order valence-electron chi connectivity index (χ3n) is 3.48. The molecule has 18 heavy (non-hydrogen) atoms. The molecule has 2 heterocycles. The molecule has 0 radical (unpaired) electrons. The van der Waals surface area contributed by atoms with Gasteiger partial charge in [-0.25, -0.2) is 8.42 Å². The van der Waals surface area contributed by atoms with Crippen LogP contribution < -0.4 is 5.32 Å². The van der Waals surface area contributed by atoms with Crippen molar-refractivity contribution in [1.82, 2.24) is 9.62 Å². The number of hydrogen-bond donors (Lipinski definition) is 1. The van der Waals surface area contributed by atoms with Crippen LogP contribution in [0, 0.1) is 13.8 Å². The van der Waals surface area contributed by atoms with Crippen molar-refractivity contribution in [2.24, 2.45) is 0 Å². The maximum atomic E-state index is 12.5. The predicted octanol–water partition coefficient (Wildman–Crippen LogP) is 1.27. The van der Waals surface area contributed by atoms with Crippen LogP contribution in [-0.4, -0.2) is 38.9 Å². The van der Waals surface area contributed by atoms with E-state index in [9.17, 15) is 8.42 Å². The highest BCUT2D eigenvalue weighted by Crippen LogP contribution is 2.25. The second kappa shape index (κ2) is 5.03. The molecule has 0 saturated carbocycles. The van der Waals surface area contributed by atoms with Crippen molar-refractivity contribution in [2.75, 3.05) is 20.1 Å². The summed E-state index contributed by atoms with van der Waals surface area (Å²) in [4.78, 5) is 0.293. The van der Waals surface area contributed by atoms with Gasteiger partial charge < -0.3 is 9.73 Å². The fourth-order valence-corrected chi connectivity index (χ4v) is 4.02. The van der Waals surface area contributed by atoms with Crippen LogP contribution in [-0.2, 0) is 10.0 Å². The molecule has 6 heteroatoms. The zero-order valence-corrected chi connectivity index (χ0v) is 11.9.